The van der Waals surface area contributed by atoms with Gasteiger partial charge in [0.25, 0.3) is 0 Å². The van der Waals surface area contributed by atoms with Crippen LogP contribution in [0.25, 0.3) is 27.6 Å². The van der Waals surface area contributed by atoms with Crippen LogP contribution >= 0.6 is 11.3 Å². The first-order valence-corrected chi connectivity index (χ1v) is 11.0. The predicted octanol–water partition coefficient (Wildman–Crippen LogP) is 4.47. The van der Waals surface area contributed by atoms with Crippen LogP contribution in [0.15, 0.2) is 65.1 Å². The van der Waals surface area contributed by atoms with Gasteiger partial charge in [0.1, 0.15) is 21.5 Å². The van der Waals surface area contributed by atoms with Crippen LogP contribution in [0, 0.1) is 5.82 Å². The third kappa shape index (κ3) is 4.22. The number of nitrogens with two attached hydrogens (primary N) is 1. The molecule has 0 unspecified atom stereocenters. The largest absolute Gasteiger partial charge is 0.434 e. The summed E-state index contributed by atoms with van der Waals surface area (Å²) >= 11 is 1.41. The Morgan fingerprint density at radius 2 is 1.71 bits per heavy atom. The Hall–Kier alpha value is -3.09. The molecule has 4 aromatic rings. The number of primary sulfonamides is 1. The first-order valence-electron chi connectivity index (χ1n) is 8.53. The van der Waals surface area contributed by atoms with E-state index >= 15 is 0 Å². The van der Waals surface area contributed by atoms with Crippen molar-refractivity contribution in [3.63, 3.8) is 0 Å². The molecular formula is C19H12F4N4O2S2. The number of imidazole rings is 1. The quantitative estimate of drug-likeness (QED) is 0.448. The normalized spacial score (nSPS) is 12.3. The van der Waals surface area contributed by atoms with E-state index in [-0.39, 0.29) is 11.5 Å². The lowest BCUT2D eigenvalue weighted by Gasteiger charge is -2.10. The zero-order chi connectivity index (χ0) is 22.4. The van der Waals surface area contributed by atoms with Gasteiger partial charge in [0.05, 0.1) is 5.69 Å². The molecule has 0 saturated heterocycles. The maximum atomic E-state index is 14.3. The van der Waals surface area contributed by atoms with Gasteiger partial charge in [-0.25, -0.2) is 27.9 Å². The number of sulfonamides is 1. The first-order chi connectivity index (χ1) is 14.5. The van der Waals surface area contributed by atoms with E-state index in [1.165, 1.54) is 11.3 Å². The highest BCUT2D eigenvalue weighted by molar-refractivity contribution is 7.89. The van der Waals surface area contributed by atoms with E-state index in [1.807, 2.05) is 0 Å². The minimum Gasteiger partial charge on any atom is -0.299 e. The Labute approximate surface area is 177 Å². The van der Waals surface area contributed by atoms with Crippen molar-refractivity contribution in [3.8, 4) is 27.6 Å². The van der Waals surface area contributed by atoms with E-state index in [2.05, 4.69) is 9.97 Å². The summed E-state index contributed by atoms with van der Waals surface area (Å²) < 4.78 is 78.1. The summed E-state index contributed by atoms with van der Waals surface area (Å²) in [5.41, 5.74) is -0.113. The fourth-order valence-corrected chi connectivity index (χ4v) is 4.15. The molecule has 2 aromatic carbocycles. The summed E-state index contributed by atoms with van der Waals surface area (Å²) in [5, 5.41) is 7.48. The van der Waals surface area contributed by atoms with Crippen LogP contribution < -0.4 is 5.14 Å². The van der Waals surface area contributed by atoms with Gasteiger partial charge in [0.15, 0.2) is 5.69 Å². The number of benzene rings is 2. The molecule has 0 fully saturated rings. The highest BCUT2D eigenvalue weighted by atomic mass is 32.2. The molecule has 0 spiro atoms. The van der Waals surface area contributed by atoms with Crippen LogP contribution in [-0.4, -0.2) is 23.0 Å². The van der Waals surface area contributed by atoms with Crippen LogP contribution in [0.2, 0.25) is 0 Å². The lowest BCUT2D eigenvalue weighted by molar-refractivity contribution is -0.140. The molecule has 31 heavy (non-hydrogen) atoms. The topological polar surface area (TPSA) is 90.9 Å². The molecule has 2 heterocycles. The molecule has 0 radical (unpaired) electrons. The fraction of sp³-hybridized carbons (Fsp3) is 0.0526. The first kappa shape index (κ1) is 21.2. The molecule has 0 aliphatic rings. The zero-order valence-electron chi connectivity index (χ0n) is 15.3. The van der Waals surface area contributed by atoms with Gasteiger partial charge in [-0.05, 0) is 18.2 Å². The molecule has 0 atom stereocenters. The Kier molecular flexibility index (Phi) is 5.15. The molecule has 6 nitrogen and oxygen atoms in total. The van der Waals surface area contributed by atoms with Crippen molar-refractivity contribution in [1.29, 1.82) is 0 Å². The summed E-state index contributed by atoms with van der Waals surface area (Å²) in [6.07, 6.45) is -2.38. The van der Waals surface area contributed by atoms with Crippen molar-refractivity contribution in [1.82, 2.24) is 14.5 Å². The van der Waals surface area contributed by atoms with Gasteiger partial charge in [0.2, 0.25) is 10.0 Å². The summed E-state index contributed by atoms with van der Waals surface area (Å²) in [4.78, 5) is 7.09. The number of nitrogens with zero attached hydrogens (tertiary/aromatic N) is 3. The number of thiazole rings is 1. The molecule has 0 aliphatic heterocycles. The van der Waals surface area contributed by atoms with Gasteiger partial charge in [-0.1, -0.05) is 24.3 Å². The molecular weight excluding hydrogens is 456 g/mol. The zero-order valence-corrected chi connectivity index (χ0v) is 17.0. The third-order valence-electron chi connectivity index (χ3n) is 4.32. The van der Waals surface area contributed by atoms with E-state index in [4.69, 9.17) is 5.14 Å². The van der Waals surface area contributed by atoms with Crippen LogP contribution in [0.3, 0.4) is 0 Å². The molecule has 2 aromatic heterocycles. The number of hydrogen-bond acceptors (Lipinski definition) is 5. The highest BCUT2D eigenvalue weighted by Crippen LogP contribution is 2.34. The number of rotatable bonds is 4. The van der Waals surface area contributed by atoms with E-state index in [9.17, 15) is 26.0 Å². The van der Waals surface area contributed by atoms with E-state index in [0.717, 1.165) is 39.5 Å². The van der Waals surface area contributed by atoms with E-state index < -0.39 is 32.6 Å². The Bertz CT molecular complexity index is 1350. The van der Waals surface area contributed by atoms with Crippen molar-refractivity contribution in [2.75, 3.05) is 0 Å². The summed E-state index contributed by atoms with van der Waals surface area (Å²) in [6, 6.07) is 9.35. The maximum Gasteiger partial charge on any atom is 0.434 e. The minimum absolute atomic E-state index is 0.0492. The molecule has 0 amide bonds. The summed E-state index contributed by atoms with van der Waals surface area (Å²) in [5.74, 6) is -1.28. The SMILES string of the molecule is NS(=O)(=O)c1ccc(-n2cc(C(F)(F)F)nc2-c2ccc(-c3nccs3)cc2)cc1F. The van der Waals surface area contributed by atoms with Gasteiger partial charge in [-0.3, -0.25) is 4.57 Å². The summed E-state index contributed by atoms with van der Waals surface area (Å²) in [6.45, 7) is 0. The smallest absolute Gasteiger partial charge is 0.299 e. The number of hydrogen-bond donors (Lipinski definition) is 1. The van der Waals surface area contributed by atoms with Gasteiger partial charge < -0.3 is 0 Å². The van der Waals surface area contributed by atoms with Crippen molar-refractivity contribution < 1.29 is 26.0 Å². The van der Waals surface area contributed by atoms with Gasteiger partial charge in [0, 0.05) is 28.9 Å². The summed E-state index contributed by atoms with van der Waals surface area (Å²) in [7, 11) is -4.32. The average Bonchev–Trinajstić information content (AvgIpc) is 3.37. The second kappa shape index (κ2) is 7.55. The van der Waals surface area contributed by atoms with E-state index in [1.54, 1.807) is 35.8 Å². The van der Waals surface area contributed by atoms with Gasteiger partial charge in [-0.15, -0.1) is 11.3 Å². The Balaban J connectivity index is 1.84. The number of halogens is 4. The lowest BCUT2D eigenvalue weighted by Crippen LogP contribution is -2.14. The van der Waals surface area contributed by atoms with Crippen molar-refractivity contribution >= 4 is 21.4 Å². The third-order valence-corrected chi connectivity index (χ3v) is 6.09. The Morgan fingerprint density at radius 3 is 2.26 bits per heavy atom. The molecule has 0 bridgehead atoms. The molecule has 2 N–H and O–H groups in total. The van der Waals surface area contributed by atoms with E-state index in [0.29, 0.717) is 5.56 Å². The molecule has 12 heteroatoms. The minimum atomic E-state index is -4.74. The average molecular weight is 468 g/mol. The monoisotopic (exact) mass is 468 g/mol. The van der Waals surface area contributed by atoms with Crippen molar-refractivity contribution in [2.45, 2.75) is 11.1 Å². The second-order valence-corrected chi connectivity index (χ2v) is 8.82. The molecule has 0 saturated carbocycles. The van der Waals surface area contributed by atoms with Crippen LogP contribution in [0.4, 0.5) is 17.6 Å². The van der Waals surface area contributed by atoms with Gasteiger partial charge >= 0.3 is 6.18 Å². The number of alkyl halides is 3. The molecule has 4 rings (SSSR count). The fourth-order valence-electron chi connectivity index (χ4n) is 2.92. The van der Waals surface area contributed by atoms with Crippen LogP contribution in [-0.2, 0) is 16.2 Å². The van der Waals surface area contributed by atoms with Crippen molar-refractivity contribution in [3.05, 3.63) is 71.7 Å². The standard InChI is InChI=1S/C19H12F4N4O2S2/c20-14-9-13(5-6-15(14)31(24,28)29)27-10-16(19(21,22)23)26-17(27)11-1-3-12(4-2-11)18-25-7-8-30-18/h1-10H,(H2,24,28,29). The molecule has 160 valence electrons. The Morgan fingerprint density at radius 1 is 1.03 bits per heavy atom. The second-order valence-electron chi connectivity index (χ2n) is 6.39. The number of aromatic nitrogens is 3. The lowest BCUT2D eigenvalue weighted by atomic mass is 10.1. The maximum absolute atomic E-state index is 14.3. The molecule has 0 aliphatic carbocycles. The predicted molar refractivity (Wildman–Crippen MR) is 106 cm³/mol. The van der Waals surface area contributed by atoms with Crippen LogP contribution in [0.1, 0.15) is 5.69 Å². The van der Waals surface area contributed by atoms with Gasteiger partial charge in [-0.2, -0.15) is 13.2 Å². The van der Waals surface area contributed by atoms with Crippen LogP contribution in [0.5, 0.6) is 0 Å². The van der Waals surface area contributed by atoms with Crippen molar-refractivity contribution in [2.24, 2.45) is 5.14 Å². The highest BCUT2D eigenvalue weighted by Gasteiger charge is 2.35.